The number of aromatic nitrogens is 4. The highest BCUT2D eigenvalue weighted by Gasteiger charge is 2.16. The monoisotopic (exact) mass is 397 g/mol. The van der Waals surface area contributed by atoms with E-state index in [0.29, 0.717) is 11.0 Å². The maximum absolute atomic E-state index is 11.7. The fourth-order valence-electron chi connectivity index (χ4n) is 2.97. The molecule has 0 bridgehead atoms. The minimum absolute atomic E-state index is 0.169. The van der Waals surface area contributed by atoms with E-state index in [0.717, 1.165) is 40.1 Å². The number of carbonyl (C=O) groups is 1. The molecular weight excluding hydrogens is 374 g/mol. The number of benzene rings is 1. The number of thioether (sulfide) groups is 1. The molecule has 0 fully saturated rings. The molecule has 0 spiro atoms. The van der Waals surface area contributed by atoms with Gasteiger partial charge in [0.25, 0.3) is 0 Å². The highest BCUT2D eigenvalue weighted by molar-refractivity contribution is 8.04. The standard InChI is InChI=1S/C20H23N5O2S/c1-12-10-15(11-18(19(26)27)28-20-21-14(3)22-23-20)13(2)25(12)17-8-6-16(7-9-17)24(4)5/h6-11H,1-5H3,(H,26,27)(H,21,22,23). The predicted octanol–water partition coefficient (Wildman–Crippen LogP) is 3.80. The largest absolute Gasteiger partial charge is 0.477 e. The molecule has 3 aromatic rings. The quantitative estimate of drug-likeness (QED) is 0.486. The average Bonchev–Trinajstić information content (AvgIpc) is 3.17. The van der Waals surface area contributed by atoms with Crippen molar-refractivity contribution in [3.05, 3.63) is 58.0 Å². The summed E-state index contributed by atoms with van der Waals surface area (Å²) in [6, 6.07) is 10.2. The molecule has 0 aliphatic rings. The van der Waals surface area contributed by atoms with E-state index >= 15 is 0 Å². The smallest absolute Gasteiger partial charge is 0.342 e. The average molecular weight is 398 g/mol. The van der Waals surface area contributed by atoms with Crippen LogP contribution in [-0.4, -0.2) is 44.9 Å². The third kappa shape index (κ3) is 4.12. The van der Waals surface area contributed by atoms with Crippen LogP contribution in [0.25, 0.3) is 11.8 Å². The Morgan fingerprint density at radius 1 is 1.21 bits per heavy atom. The molecule has 0 saturated carbocycles. The van der Waals surface area contributed by atoms with Gasteiger partial charge in [-0.1, -0.05) is 0 Å². The number of rotatable bonds is 6. The molecule has 1 aromatic carbocycles. The molecular formula is C20H23N5O2S. The highest BCUT2D eigenvalue weighted by Crippen LogP contribution is 2.29. The van der Waals surface area contributed by atoms with Crippen LogP contribution < -0.4 is 4.90 Å². The van der Waals surface area contributed by atoms with Crippen molar-refractivity contribution in [3.63, 3.8) is 0 Å². The first-order valence-electron chi connectivity index (χ1n) is 8.75. The van der Waals surface area contributed by atoms with Crippen molar-refractivity contribution in [2.45, 2.75) is 25.9 Å². The van der Waals surface area contributed by atoms with Gasteiger partial charge in [0.05, 0.1) is 0 Å². The minimum Gasteiger partial charge on any atom is -0.477 e. The second-order valence-electron chi connectivity index (χ2n) is 6.69. The van der Waals surface area contributed by atoms with E-state index in [-0.39, 0.29) is 4.91 Å². The Bertz CT molecular complexity index is 1030. The summed E-state index contributed by atoms with van der Waals surface area (Å²) in [5.74, 6) is -0.362. The topological polar surface area (TPSA) is 87.0 Å². The number of hydrogen-bond donors (Lipinski definition) is 2. The summed E-state index contributed by atoms with van der Waals surface area (Å²) < 4.78 is 2.12. The number of nitrogens with one attached hydrogen (secondary N) is 1. The number of hydrogen-bond acceptors (Lipinski definition) is 5. The molecule has 0 unspecified atom stereocenters. The highest BCUT2D eigenvalue weighted by atomic mass is 32.2. The Labute approximate surface area is 168 Å². The third-order valence-electron chi connectivity index (χ3n) is 4.37. The number of H-pyrrole nitrogens is 1. The molecule has 0 aliphatic heterocycles. The van der Waals surface area contributed by atoms with Crippen LogP contribution in [0.1, 0.15) is 22.8 Å². The van der Waals surface area contributed by atoms with Crippen LogP contribution in [0, 0.1) is 20.8 Å². The van der Waals surface area contributed by atoms with Crippen LogP contribution in [-0.2, 0) is 4.79 Å². The molecule has 8 heteroatoms. The van der Waals surface area contributed by atoms with Crippen molar-refractivity contribution in [1.29, 1.82) is 0 Å². The summed E-state index contributed by atoms with van der Waals surface area (Å²) in [5, 5.41) is 16.7. The van der Waals surface area contributed by atoms with E-state index < -0.39 is 5.97 Å². The van der Waals surface area contributed by atoms with Gasteiger partial charge >= 0.3 is 5.97 Å². The first-order chi connectivity index (χ1) is 13.3. The zero-order valence-electron chi connectivity index (χ0n) is 16.5. The molecule has 146 valence electrons. The van der Waals surface area contributed by atoms with E-state index in [9.17, 15) is 9.90 Å². The second-order valence-corrected chi connectivity index (χ2v) is 7.70. The van der Waals surface area contributed by atoms with Gasteiger partial charge in [0, 0.05) is 36.9 Å². The summed E-state index contributed by atoms with van der Waals surface area (Å²) in [4.78, 5) is 18.1. The summed E-state index contributed by atoms with van der Waals surface area (Å²) in [6.07, 6.45) is 1.67. The lowest BCUT2D eigenvalue weighted by molar-refractivity contribution is -0.131. The van der Waals surface area contributed by atoms with Gasteiger partial charge in [0.2, 0.25) is 5.16 Å². The SMILES string of the molecule is Cc1nc(SC(=Cc2cc(C)n(-c3ccc(N(C)C)cc3)c2C)C(=O)O)n[nH]1. The molecule has 2 aromatic heterocycles. The lowest BCUT2D eigenvalue weighted by Crippen LogP contribution is -2.08. The normalized spacial score (nSPS) is 11.7. The van der Waals surface area contributed by atoms with Crippen molar-refractivity contribution in [3.8, 4) is 5.69 Å². The lowest BCUT2D eigenvalue weighted by Gasteiger charge is -2.15. The number of aryl methyl sites for hydroxylation is 2. The number of aromatic amines is 1. The number of aliphatic carboxylic acids is 1. The van der Waals surface area contributed by atoms with Crippen LogP contribution in [0.15, 0.2) is 40.4 Å². The Morgan fingerprint density at radius 2 is 1.89 bits per heavy atom. The molecule has 0 amide bonds. The van der Waals surface area contributed by atoms with Crippen molar-refractivity contribution in [2.75, 3.05) is 19.0 Å². The summed E-state index contributed by atoms with van der Waals surface area (Å²) >= 11 is 1.03. The first-order valence-corrected chi connectivity index (χ1v) is 9.56. The molecule has 3 rings (SSSR count). The van der Waals surface area contributed by atoms with Crippen molar-refractivity contribution < 1.29 is 9.90 Å². The fourth-order valence-corrected chi connectivity index (χ4v) is 3.72. The fraction of sp³-hybridized carbons (Fsp3) is 0.250. The van der Waals surface area contributed by atoms with Crippen LogP contribution in [0.4, 0.5) is 5.69 Å². The van der Waals surface area contributed by atoms with Crippen molar-refractivity contribution >= 4 is 29.5 Å². The number of carboxylic acids is 1. The minimum atomic E-state index is -1.01. The molecule has 0 saturated heterocycles. The molecule has 0 aliphatic carbocycles. The van der Waals surface area contributed by atoms with Crippen LogP contribution >= 0.6 is 11.8 Å². The van der Waals surface area contributed by atoms with Gasteiger partial charge in [-0.15, -0.1) is 5.10 Å². The molecule has 2 heterocycles. The van der Waals surface area contributed by atoms with E-state index in [1.165, 1.54) is 0 Å². The molecule has 0 radical (unpaired) electrons. The van der Waals surface area contributed by atoms with Crippen LogP contribution in [0.2, 0.25) is 0 Å². The molecule has 0 atom stereocenters. The Kier molecular flexibility index (Phi) is 5.60. The van der Waals surface area contributed by atoms with E-state index in [4.69, 9.17) is 0 Å². The van der Waals surface area contributed by atoms with Gasteiger partial charge in [-0.3, -0.25) is 5.10 Å². The molecule has 2 N–H and O–H groups in total. The summed E-state index contributed by atoms with van der Waals surface area (Å²) in [6.45, 7) is 5.77. The number of carboxylic acid groups (broad SMARTS) is 1. The lowest BCUT2D eigenvalue weighted by atomic mass is 10.2. The van der Waals surface area contributed by atoms with Gasteiger partial charge in [-0.25, -0.2) is 9.78 Å². The molecule has 28 heavy (non-hydrogen) atoms. The maximum atomic E-state index is 11.7. The van der Waals surface area contributed by atoms with Gasteiger partial charge in [-0.2, -0.15) is 0 Å². The zero-order chi connectivity index (χ0) is 20.4. The first kappa shape index (κ1) is 19.8. The number of nitrogens with zero attached hydrogens (tertiary/aromatic N) is 4. The van der Waals surface area contributed by atoms with Crippen LogP contribution in [0.3, 0.4) is 0 Å². The maximum Gasteiger partial charge on any atom is 0.342 e. The Balaban J connectivity index is 1.97. The second kappa shape index (κ2) is 7.93. The van der Waals surface area contributed by atoms with Gasteiger partial charge < -0.3 is 14.6 Å². The van der Waals surface area contributed by atoms with Gasteiger partial charge in [0.15, 0.2) is 0 Å². The van der Waals surface area contributed by atoms with E-state index in [1.54, 1.807) is 13.0 Å². The Hall–Kier alpha value is -3.00. The van der Waals surface area contributed by atoms with Crippen molar-refractivity contribution in [2.24, 2.45) is 0 Å². The summed E-state index contributed by atoms with van der Waals surface area (Å²) in [5.41, 5.74) is 5.02. The van der Waals surface area contributed by atoms with Gasteiger partial charge in [-0.05, 0) is 74.5 Å². The van der Waals surface area contributed by atoms with Crippen LogP contribution in [0.5, 0.6) is 0 Å². The van der Waals surface area contributed by atoms with Crippen molar-refractivity contribution in [1.82, 2.24) is 19.7 Å². The summed E-state index contributed by atoms with van der Waals surface area (Å²) in [7, 11) is 4.01. The molecule has 7 nitrogen and oxygen atoms in total. The Morgan fingerprint density at radius 3 is 2.43 bits per heavy atom. The van der Waals surface area contributed by atoms with Gasteiger partial charge in [0.1, 0.15) is 10.7 Å². The third-order valence-corrected chi connectivity index (χ3v) is 5.25. The number of anilines is 1. The predicted molar refractivity (Wildman–Crippen MR) is 112 cm³/mol. The van der Waals surface area contributed by atoms with E-state index in [2.05, 4.69) is 48.9 Å². The van der Waals surface area contributed by atoms with E-state index in [1.807, 2.05) is 34.0 Å². The zero-order valence-corrected chi connectivity index (χ0v) is 17.3.